The van der Waals surface area contributed by atoms with Crippen LogP contribution >= 0.6 is 0 Å². The molecule has 2 rings (SSSR count). The summed E-state index contributed by atoms with van der Waals surface area (Å²) in [5.74, 6) is -0.621. The first-order valence-corrected chi connectivity index (χ1v) is 4.87. The summed E-state index contributed by atoms with van der Waals surface area (Å²) in [6.07, 6.45) is -0.969. The van der Waals surface area contributed by atoms with Crippen molar-refractivity contribution in [3.05, 3.63) is 41.9 Å². The number of aromatic nitrogens is 2. The highest BCUT2D eigenvalue weighted by Gasteiger charge is 2.32. The topological polar surface area (TPSA) is 70.9 Å². The van der Waals surface area contributed by atoms with Crippen molar-refractivity contribution < 1.29 is 22.4 Å². The van der Waals surface area contributed by atoms with Gasteiger partial charge in [-0.25, -0.2) is 4.98 Å². The van der Waals surface area contributed by atoms with Crippen molar-refractivity contribution in [1.29, 1.82) is 0 Å². The summed E-state index contributed by atoms with van der Waals surface area (Å²) in [7, 11) is 0. The number of carbonyl (C=O) groups excluding carboxylic acids is 1. The summed E-state index contributed by atoms with van der Waals surface area (Å²) in [5, 5.41) is 2.42. The standard InChI is InChI=1S/C10H8F3N3O2/c11-10(12,13)8-1-6(2-14-8)9(17)15-3-7-4-18-5-16-7/h1-2,4-5,14H,3H2,(H,15,17). The Morgan fingerprint density at radius 3 is 2.83 bits per heavy atom. The lowest BCUT2D eigenvalue weighted by atomic mass is 10.3. The molecule has 96 valence electrons. The molecular formula is C10H8F3N3O2. The Labute approximate surface area is 99.0 Å². The van der Waals surface area contributed by atoms with Gasteiger partial charge >= 0.3 is 6.18 Å². The number of amides is 1. The molecule has 0 atom stereocenters. The largest absolute Gasteiger partial charge is 0.451 e. The minimum absolute atomic E-state index is 0.0852. The normalized spacial score (nSPS) is 11.5. The first kappa shape index (κ1) is 12.2. The predicted molar refractivity (Wildman–Crippen MR) is 53.5 cm³/mol. The summed E-state index contributed by atoms with van der Waals surface area (Å²) < 4.78 is 41.5. The number of hydrogen-bond acceptors (Lipinski definition) is 3. The fraction of sp³-hybridized carbons (Fsp3) is 0.200. The molecule has 0 fully saturated rings. The highest BCUT2D eigenvalue weighted by Crippen LogP contribution is 2.28. The Bertz CT molecular complexity index is 531. The van der Waals surface area contributed by atoms with E-state index in [9.17, 15) is 18.0 Å². The van der Waals surface area contributed by atoms with Crippen molar-refractivity contribution in [3.63, 3.8) is 0 Å². The van der Waals surface area contributed by atoms with E-state index in [1.54, 1.807) is 0 Å². The molecule has 1 amide bonds. The van der Waals surface area contributed by atoms with Gasteiger partial charge in [0.05, 0.1) is 17.8 Å². The van der Waals surface area contributed by atoms with Crippen molar-refractivity contribution in [3.8, 4) is 0 Å². The number of carbonyl (C=O) groups is 1. The molecule has 18 heavy (non-hydrogen) atoms. The van der Waals surface area contributed by atoms with Gasteiger partial charge in [0.25, 0.3) is 5.91 Å². The van der Waals surface area contributed by atoms with Crippen molar-refractivity contribution in [1.82, 2.24) is 15.3 Å². The van der Waals surface area contributed by atoms with E-state index in [1.807, 2.05) is 4.98 Å². The van der Waals surface area contributed by atoms with Crippen LogP contribution in [0.25, 0.3) is 0 Å². The number of hydrogen-bond donors (Lipinski definition) is 2. The molecule has 0 aromatic carbocycles. The lowest BCUT2D eigenvalue weighted by Crippen LogP contribution is -2.22. The van der Waals surface area contributed by atoms with Crippen molar-refractivity contribution in [2.45, 2.75) is 12.7 Å². The predicted octanol–water partition coefficient (Wildman–Crippen LogP) is 1.95. The Morgan fingerprint density at radius 1 is 1.50 bits per heavy atom. The van der Waals surface area contributed by atoms with Gasteiger partial charge in [-0.05, 0) is 6.07 Å². The van der Waals surface area contributed by atoms with Gasteiger partial charge in [-0.3, -0.25) is 4.79 Å². The van der Waals surface area contributed by atoms with Crippen molar-refractivity contribution >= 4 is 5.91 Å². The summed E-state index contributed by atoms with van der Waals surface area (Å²) in [6, 6.07) is 0.748. The van der Waals surface area contributed by atoms with Gasteiger partial charge < -0.3 is 14.7 Å². The average Bonchev–Trinajstić information content (AvgIpc) is 2.96. The molecule has 0 saturated heterocycles. The van der Waals surface area contributed by atoms with E-state index in [1.165, 1.54) is 12.7 Å². The molecule has 2 heterocycles. The first-order chi connectivity index (χ1) is 8.47. The molecule has 0 spiro atoms. The summed E-state index contributed by atoms with van der Waals surface area (Å²) in [4.78, 5) is 17.3. The number of aromatic amines is 1. The van der Waals surface area contributed by atoms with Crippen LogP contribution in [-0.2, 0) is 12.7 Å². The lowest BCUT2D eigenvalue weighted by molar-refractivity contribution is -0.140. The highest BCUT2D eigenvalue weighted by atomic mass is 19.4. The fourth-order valence-corrected chi connectivity index (χ4v) is 1.29. The van der Waals surface area contributed by atoms with Crippen molar-refractivity contribution in [2.75, 3.05) is 0 Å². The number of oxazole rings is 1. The van der Waals surface area contributed by atoms with Gasteiger partial charge in [0, 0.05) is 6.20 Å². The lowest BCUT2D eigenvalue weighted by Gasteiger charge is -2.01. The molecule has 5 nitrogen and oxygen atoms in total. The molecule has 0 aliphatic rings. The van der Waals surface area contributed by atoms with Crippen molar-refractivity contribution in [2.24, 2.45) is 0 Å². The fourth-order valence-electron chi connectivity index (χ4n) is 1.29. The van der Waals surface area contributed by atoms with Gasteiger partial charge in [-0.2, -0.15) is 13.2 Å². The number of nitrogens with zero attached hydrogens (tertiary/aromatic N) is 1. The van der Waals surface area contributed by atoms with Gasteiger partial charge in [-0.1, -0.05) is 0 Å². The molecule has 0 aliphatic heterocycles. The summed E-state index contributed by atoms with van der Waals surface area (Å²) in [5.41, 5.74) is -0.574. The van der Waals surface area contributed by atoms with E-state index in [2.05, 4.69) is 14.7 Å². The van der Waals surface area contributed by atoms with Gasteiger partial charge in [0.1, 0.15) is 12.0 Å². The minimum atomic E-state index is -4.50. The van der Waals surface area contributed by atoms with Crippen LogP contribution in [0.3, 0.4) is 0 Å². The first-order valence-electron chi connectivity index (χ1n) is 4.87. The number of nitrogens with one attached hydrogen (secondary N) is 2. The molecule has 0 aliphatic carbocycles. The smallest absolute Gasteiger partial charge is 0.431 e. The molecule has 2 aromatic rings. The minimum Gasteiger partial charge on any atom is -0.451 e. The van der Waals surface area contributed by atoms with Crippen LogP contribution in [0.5, 0.6) is 0 Å². The number of alkyl halides is 3. The van der Waals surface area contributed by atoms with E-state index in [0.717, 1.165) is 12.3 Å². The molecule has 0 unspecified atom stereocenters. The number of rotatable bonds is 3. The third-order valence-electron chi connectivity index (χ3n) is 2.16. The highest BCUT2D eigenvalue weighted by molar-refractivity contribution is 5.94. The summed E-state index contributed by atoms with van der Waals surface area (Å²) in [6.45, 7) is 0.0852. The Balaban J connectivity index is 1.99. The maximum atomic E-state index is 12.3. The van der Waals surface area contributed by atoms with E-state index in [-0.39, 0.29) is 12.1 Å². The van der Waals surface area contributed by atoms with Gasteiger partial charge in [0.2, 0.25) is 0 Å². The van der Waals surface area contributed by atoms with E-state index >= 15 is 0 Å². The zero-order valence-electron chi connectivity index (χ0n) is 8.91. The van der Waals surface area contributed by atoms with E-state index in [4.69, 9.17) is 0 Å². The maximum Gasteiger partial charge on any atom is 0.431 e. The maximum absolute atomic E-state index is 12.3. The van der Waals surface area contributed by atoms with Crippen LogP contribution in [-0.4, -0.2) is 15.9 Å². The molecular weight excluding hydrogens is 251 g/mol. The van der Waals surface area contributed by atoms with E-state index < -0.39 is 17.8 Å². The van der Waals surface area contributed by atoms with E-state index in [0.29, 0.717) is 5.69 Å². The third kappa shape index (κ3) is 2.70. The monoisotopic (exact) mass is 259 g/mol. The van der Waals surface area contributed by atoms with Crippen LogP contribution in [0.4, 0.5) is 13.2 Å². The SMILES string of the molecule is O=C(NCc1cocn1)c1c[nH]c(C(F)(F)F)c1. The van der Waals surface area contributed by atoms with Gasteiger partial charge in [-0.15, -0.1) is 0 Å². The Kier molecular flexibility index (Phi) is 3.09. The third-order valence-corrected chi connectivity index (χ3v) is 2.16. The van der Waals surface area contributed by atoms with Crippen LogP contribution < -0.4 is 5.32 Å². The second-order valence-corrected chi connectivity index (χ2v) is 3.46. The molecule has 0 saturated carbocycles. The second kappa shape index (κ2) is 4.55. The molecule has 0 radical (unpaired) electrons. The van der Waals surface area contributed by atoms with Crippen LogP contribution in [0.2, 0.25) is 0 Å². The quantitative estimate of drug-likeness (QED) is 0.885. The van der Waals surface area contributed by atoms with Gasteiger partial charge in [0.15, 0.2) is 6.39 Å². The molecule has 2 aromatic heterocycles. The Morgan fingerprint density at radius 2 is 2.28 bits per heavy atom. The Hall–Kier alpha value is -2.25. The zero-order chi connectivity index (χ0) is 13.2. The molecule has 8 heteroatoms. The number of halogens is 3. The van der Waals surface area contributed by atoms with Crippen LogP contribution in [0.15, 0.2) is 29.3 Å². The second-order valence-electron chi connectivity index (χ2n) is 3.46. The zero-order valence-corrected chi connectivity index (χ0v) is 8.91. The number of H-pyrrole nitrogens is 1. The van der Waals surface area contributed by atoms with Crippen LogP contribution in [0.1, 0.15) is 21.7 Å². The molecule has 0 bridgehead atoms. The summed E-state index contributed by atoms with van der Waals surface area (Å²) >= 11 is 0. The average molecular weight is 259 g/mol. The van der Waals surface area contributed by atoms with Crippen LogP contribution in [0, 0.1) is 0 Å². The molecule has 2 N–H and O–H groups in total.